The monoisotopic (exact) mass is 265 g/mol. The maximum absolute atomic E-state index is 2.61. The van der Waals surface area contributed by atoms with Crippen molar-refractivity contribution in [3.05, 3.63) is 71.3 Å². The molecule has 0 spiro atoms. The lowest BCUT2D eigenvalue weighted by Gasteiger charge is -2.25. The van der Waals surface area contributed by atoms with E-state index in [0.717, 1.165) is 13.0 Å². The first kappa shape index (κ1) is 13.4. The van der Waals surface area contributed by atoms with E-state index >= 15 is 0 Å². The average Bonchev–Trinajstić information content (AvgIpc) is 2.97. The van der Waals surface area contributed by atoms with Crippen LogP contribution in [-0.4, -0.2) is 18.0 Å². The van der Waals surface area contributed by atoms with Crippen LogP contribution in [0.3, 0.4) is 0 Å². The second-order valence-electron chi connectivity index (χ2n) is 5.65. The fourth-order valence-electron chi connectivity index (χ4n) is 3.39. The quantitative estimate of drug-likeness (QED) is 0.790. The summed E-state index contributed by atoms with van der Waals surface area (Å²) < 4.78 is 0. The molecule has 104 valence electrons. The zero-order valence-corrected chi connectivity index (χ0v) is 12.3. The molecule has 1 saturated heterocycles. The van der Waals surface area contributed by atoms with E-state index in [-0.39, 0.29) is 0 Å². The van der Waals surface area contributed by atoms with Crippen molar-refractivity contribution >= 4 is 0 Å². The van der Waals surface area contributed by atoms with Gasteiger partial charge in [-0.05, 0) is 49.0 Å². The van der Waals surface area contributed by atoms with Crippen LogP contribution in [-0.2, 0) is 6.42 Å². The molecule has 0 bridgehead atoms. The highest BCUT2D eigenvalue weighted by Gasteiger charge is 2.25. The largest absolute Gasteiger partial charge is 0.297 e. The number of hydrogen-bond donors (Lipinski definition) is 0. The molecule has 0 aromatic heterocycles. The molecule has 1 nitrogen and oxygen atoms in total. The number of nitrogens with zero attached hydrogens (tertiary/aromatic N) is 1. The number of hydrogen-bond acceptors (Lipinski definition) is 1. The molecule has 20 heavy (non-hydrogen) atoms. The molecule has 0 saturated carbocycles. The van der Waals surface area contributed by atoms with Crippen molar-refractivity contribution in [1.82, 2.24) is 4.90 Å². The van der Waals surface area contributed by atoms with Gasteiger partial charge in [-0.2, -0.15) is 0 Å². The lowest BCUT2D eigenvalue weighted by Crippen LogP contribution is -2.23. The SMILES string of the molecule is CCN1CCCC1c1ccccc1Cc1ccccc1. The van der Waals surface area contributed by atoms with Gasteiger partial charge in [0.15, 0.2) is 0 Å². The van der Waals surface area contributed by atoms with Crippen LogP contribution in [0.1, 0.15) is 42.5 Å². The van der Waals surface area contributed by atoms with E-state index in [1.165, 1.54) is 36.1 Å². The molecule has 1 atom stereocenters. The van der Waals surface area contributed by atoms with Gasteiger partial charge in [0.2, 0.25) is 0 Å². The molecule has 0 aliphatic carbocycles. The third kappa shape index (κ3) is 2.78. The summed E-state index contributed by atoms with van der Waals surface area (Å²) in [4.78, 5) is 2.61. The predicted octanol–water partition coefficient (Wildman–Crippen LogP) is 4.43. The van der Waals surface area contributed by atoms with Gasteiger partial charge in [-0.15, -0.1) is 0 Å². The van der Waals surface area contributed by atoms with Gasteiger partial charge in [-0.25, -0.2) is 0 Å². The van der Waals surface area contributed by atoms with Crippen LogP contribution in [0.2, 0.25) is 0 Å². The second kappa shape index (κ2) is 6.23. The normalized spacial score (nSPS) is 19.4. The molecule has 1 fully saturated rings. The molecule has 1 unspecified atom stereocenters. The van der Waals surface area contributed by atoms with Gasteiger partial charge < -0.3 is 0 Å². The van der Waals surface area contributed by atoms with Gasteiger partial charge in [-0.1, -0.05) is 61.5 Å². The topological polar surface area (TPSA) is 3.24 Å². The van der Waals surface area contributed by atoms with E-state index in [1.807, 2.05) is 0 Å². The lowest BCUT2D eigenvalue weighted by atomic mass is 9.94. The molecule has 2 aromatic carbocycles. The summed E-state index contributed by atoms with van der Waals surface area (Å²) in [5.74, 6) is 0. The standard InChI is InChI=1S/C19H23N/c1-2-20-14-8-13-19(20)18-12-7-6-11-17(18)15-16-9-4-3-5-10-16/h3-7,9-12,19H,2,8,13-15H2,1H3. The summed E-state index contributed by atoms with van der Waals surface area (Å²) in [5.41, 5.74) is 4.43. The van der Waals surface area contributed by atoms with Crippen molar-refractivity contribution in [3.8, 4) is 0 Å². The van der Waals surface area contributed by atoms with Crippen molar-refractivity contribution in [3.63, 3.8) is 0 Å². The summed E-state index contributed by atoms with van der Waals surface area (Å²) >= 11 is 0. The zero-order chi connectivity index (χ0) is 13.8. The summed E-state index contributed by atoms with van der Waals surface area (Å²) in [6, 6.07) is 20.4. The molecule has 0 N–H and O–H groups in total. The molecular weight excluding hydrogens is 242 g/mol. The maximum atomic E-state index is 2.61. The van der Waals surface area contributed by atoms with E-state index in [4.69, 9.17) is 0 Å². The first-order chi connectivity index (χ1) is 9.88. The lowest BCUT2D eigenvalue weighted by molar-refractivity contribution is 0.270. The Bertz CT molecular complexity index is 547. The van der Waals surface area contributed by atoms with Crippen LogP contribution in [0.15, 0.2) is 54.6 Å². The Morgan fingerprint density at radius 3 is 2.55 bits per heavy atom. The number of rotatable bonds is 4. The Balaban J connectivity index is 1.88. The van der Waals surface area contributed by atoms with Gasteiger partial charge in [0, 0.05) is 6.04 Å². The Morgan fingerprint density at radius 1 is 1.00 bits per heavy atom. The highest BCUT2D eigenvalue weighted by atomic mass is 15.2. The summed E-state index contributed by atoms with van der Waals surface area (Å²) in [6.45, 7) is 4.68. The van der Waals surface area contributed by atoms with Crippen LogP contribution >= 0.6 is 0 Å². The van der Waals surface area contributed by atoms with Crippen LogP contribution in [0, 0.1) is 0 Å². The van der Waals surface area contributed by atoms with Gasteiger partial charge >= 0.3 is 0 Å². The molecule has 1 heterocycles. The molecule has 1 aliphatic heterocycles. The van der Waals surface area contributed by atoms with Crippen LogP contribution < -0.4 is 0 Å². The van der Waals surface area contributed by atoms with Gasteiger partial charge in [0.1, 0.15) is 0 Å². The van der Waals surface area contributed by atoms with E-state index in [0.29, 0.717) is 6.04 Å². The molecular formula is C19H23N. The van der Waals surface area contributed by atoms with E-state index < -0.39 is 0 Å². The van der Waals surface area contributed by atoms with Crippen molar-refractivity contribution in [1.29, 1.82) is 0 Å². The van der Waals surface area contributed by atoms with Crippen molar-refractivity contribution in [2.45, 2.75) is 32.2 Å². The van der Waals surface area contributed by atoms with Crippen molar-refractivity contribution < 1.29 is 0 Å². The maximum Gasteiger partial charge on any atom is 0.0351 e. The Hall–Kier alpha value is -1.60. The fraction of sp³-hybridized carbons (Fsp3) is 0.368. The zero-order valence-electron chi connectivity index (χ0n) is 12.3. The van der Waals surface area contributed by atoms with Gasteiger partial charge in [0.25, 0.3) is 0 Å². The molecule has 1 heteroatoms. The molecule has 2 aromatic rings. The highest BCUT2D eigenvalue weighted by molar-refractivity contribution is 5.35. The van der Waals surface area contributed by atoms with E-state index in [2.05, 4.69) is 66.4 Å². The fourth-order valence-corrected chi connectivity index (χ4v) is 3.39. The smallest absolute Gasteiger partial charge is 0.0351 e. The number of likely N-dealkylation sites (tertiary alicyclic amines) is 1. The van der Waals surface area contributed by atoms with Gasteiger partial charge in [-0.3, -0.25) is 4.90 Å². The predicted molar refractivity (Wildman–Crippen MR) is 84.9 cm³/mol. The highest BCUT2D eigenvalue weighted by Crippen LogP contribution is 2.34. The molecule has 3 rings (SSSR count). The molecule has 0 amide bonds. The van der Waals surface area contributed by atoms with E-state index in [1.54, 1.807) is 0 Å². The minimum absolute atomic E-state index is 0.625. The van der Waals surface area contributed by atoms with Crippen molar-refractivity contribution in [2.75, 3.05) is 13.1 Å². The summed E-state index contributed by atoms with van der Waals surface area (Å²) in [6.07, 6.45) is 3.68. The first-order valence-electron chi connectivity index (χ1n) is 7.74. The first-order valence-corrected chi connectivity index (χ1v) is 7.74. The number of benzene rings is 2. The van der Waals surface area contributed by atoms with Crippen LogP contribution in [0.4, 0.5) is 0 Å². The molecule has 0 radical (unpaired) electrons. The third-order valence-corrected chi connectivity index (χ3v) is 4.42. The van der Waals surface area contributed by atoms with Crippen LogP contribution in [0.25, 0.3) is 0 Å². The van der Waals surface area contributed by atoms with E-state index in [9.17, 15) is 0 Å². The Kier molecular flexibility index (Phi) is 4.17. The third-order valence-electron chi connectivity index (χ3n) is 4.42. The Labute approximate surface area is 122 Å². The minimum Gasteiger partial charge on any atom is -0.297 e. The molecule has 1 aliphatic rings. The summed E-state index contributed by atoms with van der Waals surface area (Å²) in [5, 5.41) is 0. The average molecular weight is 265 g/mol. The Morgan fingerprint density at radius 2 is 1.75 bits per heavy atom. The minimum atomic E-state index is 0.625. The summed E-state index contributed by atoms with van der Waals surface area (Å²) in [7, 11) is 0. The van der Waals surface area contributed by atoms with Crippen LogP contribution in [0.5, 0.6) is 0 Å². The van der Waals surface area contributed by atoms with Gasteiger partial charge in [0.05, 0.1) is 0 Å². The van der Waals surface area contributed by atoms with Crippen molar-refractivity contribution in [2.24, 2.45) is 0 Å². The second-order valence-corrected chi connectivity index (χ2v) is 5.65.